The summed E-state index contributed by atoms with van der Waals surface area (Å²) in [5.41, 5.74) is 0.675. The number of hydrogen-bond acceptors (Lipinski definition) is 7. The Morgan fingerprint density at radius 2 is 1.84 bits per heavy atom. The van der Waals surface area contributed by atoms with Crippen LogP contribution in [0.1, 0.15) is 5.89 Å². The second-order valence-corrected chi connectivity index (χ2v) is 6.95. The summed E-state index contributed by atoms with van der Waals surface area (Å²) in [5.74, 6) is 1.37. The van der Waals surface area contributed by atoms with Gasteiger partial charge in [0, 0.05) is 12.5 Å². The molecule has 3 aromatic rings. The number of hydrogen-bond donors (Lipinski definition) is 0. The van der Waals surface area contributed by atoms with E-state index in [0.29, 0.717) is 23.0 Å². The van der Waals surface area contributed by atoms with Gasteiger partial charge in [0.05, 0.1) is 12.1 Å². The second-order valence-electron chi connectivity index (χ2n) is 5.00. The lowest BCUT2D eigenvalue weighted by Gasteiger charge is -2.09. The molecule has 0 aliphatic carbocycles. The first-order chi connectivity index (χ1) is 11.9. The van der Waals surface area contributed by atoms with Crippen LogP contribution >= 0.6 is 11.6 Å². The average molecular weight is 381 g/mol. The van der Waals surface area contributed by atoms with E-state index in [4.69, 9.17) is 25.0 Å². The average Bonchev–Trinajstić information content (AvgIpc) is 3.01. The van der Waals surface area contributed by atoms with Crippen molar-refractivity contribution in [3.05, 3.63) is 53.4 Å². The van der Waals surface area contributed by atoms with Crippen molar-refractivity contribution in [3.8, 4) is 22.9 Å². The normalized spacial score (nSPS) is 11.3. The highest BCUT2D eigenvalue weighted by atomic mass is 35.5. The molecule has 0 radical (unpaired) electrons. The van der Waals surface area contributed by atoms with Crippen LogP contribution < -0.4 is 8.92 Å². The summed E-state index contributed by atoms with van der Waals surface area (Å²) in [5, 5.41) is 3.97. The number of aryl methyl sites for hydroxylation is 1. The highest BCUT2D eigenvalue weighted by molar-refractivity contribution is 7.87. The zero-order chi connectivity index (χ0) is 18.0. The van der Waals surface area contributed by atoms with Gasteiger partial charge < -0.3 is 13.4 Å². The Balaban J connectivity index is 1.82. The van der Waals surface area contributed by atoms with Crippen LogP contribution in [0, 0.1) is 6.92 Å². The van der Waals surface area contributed by atoms with E-state index in [2.05, 4.69) is 10.1 Å². The Morgan fingerprint density at radius 3 is 2.40 bits per heavy atom. The second kappa shape index (κ2) is 6.73. The van der Waals surface area contributed by atoms with E-state index in [1.807, 2.05) is 0 Å². The first kappa shape index (κ1) is 17.2. The third-order valence-electron chi connectivity index (χ3n) is 3.26. The number of ether oxygens (including phenoxy) is 1. The van der Waals surface area contributed by atoms with Gasteiger partial charge in [-0.05, 0) is 42.5 Å². The standard InChI is InChI=1S/C16H13ClN2O5S/c1-10-18-16(19-23-10)11-3-5-12(6-4-11)24-25(20,21)13-7-8-15(22-2)14(17)9-13/h3-9H,1-2H3. The van der Waals surface area contributed by atoms with Gasteiger partial charge in [-0.1, -0.05) is 16.8 Å². The van der Waals surface area contributed by atoms with Crippen molar-refractivity contribution in [1.29, 1.82) is 0 Å². The number of halogens is 1. The van der Waals surface area contributed by atoms with Crippen molar-refractivity contribution in [2.45, 2.75) is 11.8 Å². The molecule has 25 heavy (non-hydrogen) atoms. The fourth-order valence-electron chi connectivity index (χ4n) is 2.05. The van der Waals surface area contributed by atoms with E-state index in [-0.39, 0.29) is 15.7 Å². The van der Waals surface area contributed by atoms with Crippen molar-refractivity contribution in [1.82, 2.24) is 10.1 Å². The fourth-order valence-corrected chi connectivity index (χ4v) is 3.33. The lowest BCUT2D eigenvalue weighted by atomic mass is 10.2. The van der Waals surface area contributed by atoms with Crippen LogP contribution in [-0.2, 0) is 10.1 Å². The number of methoxy groups -OCH3 is 1. The van der Waals surface area contributed by atoms with Crippen molar-refractivity contribution in [2.75, 3.05) is 7.11 Å². The number of benzene rings is 2. The van der Waals surface area contributed by atoms with Crippen LogP contribution in [0.15, 0.2) is 51.9 Å². The Bertz CT molecular complexity index is 1000. The molecule has 0 fully saturated rings. The van der Waals surface area contributed by atoms with Gasteiger partial charge in [0.25, 0.3) is 0 Å². The highest BCUT2D eigenvalue weighted by Crippen LogP contribution is 2.29. The molecule has 0 unspecified atom stereocenters. The molecule has 0 saturated heterocycles. The van der Waals surface area contributed by atoms with E-state index in [1.165, 1.54) is 37.4 Å². The maximum atomic E-state index is 12.4. The Hall–Kier alpha value is -2.58. The third-order valence-corrected chi connectivity index (χ3v) is 4.80. The molecule has 0 amide bonds. The van der Waals surface area contributed by atoms with Crippen LogP contribution in [0.2, 0.25) is 5.02 Å². The largest absolute Gasteiger partial charge is 0.495 e. The highest BCUT2D eigenvalue weighted by Gasteiger charge is 2.19. The van der Waals surface area contributed by atoms with Crippen LogP contribution in [0.5, 0.6) is 11.5 Å². The van der Waals surface area contributed by atoms with Gasteiger partial charge in [0.1, 0.15) is 16.4 Å². The summed E-state index contributed by atoms with van der Waals surface area (Å²) in [6.07, 6.45) is 0. The van der Waals surface area contributed by atoms with Gasteiger partial charge in [-0.25, -0.2) is 0 Å². The molecule has 3 rings (SSSR count). The van der Waals surface area contributed by atoms with Crippen LogP contribution in [0.4, 0.5) is 0 Å². The minimum atomic E-state index is -4.02. The van der Waals surface area contributed by atoms with E-state index >= 15 is 0 Å². The molecule has 0 saturated carbocycles. The van der Waals surface area contributed by atoms with Gasteiger partial charge in [0.2, 0.25) is 11.7 Å². The predicted octanol–water partition coefficient (Wildman–Crippen LogP) is 3.47. The summed E-state index contributed by atoms with van der Waals surface area (Å²) in [4.78, 5) is 4.02. The number of rotatable bonds is 5. The van der Waals surface area contributed by atoms with E-state index in [0.717, 1.165) is 0 Å². The fraction of sp³-hybridized carbons (Fsp3) is 0.125. The SMILES string of the molecule is COc1ccc(S(=O)(=O)Oc2ccc(-c3noc(C)n3)cc2)cc1Cl. The Labute approximate surface area is 149 Å². The molecule has 0 N–H and O–H groups in total. The molecule has 9 heteroatoms. The summed E-state index contributed by atoms with van der Waals surface area (Å²) < 4.78 is 39.7. The maximum absolute atomic E-state index is 12.4. The summed E-state index contributed by atoms with van der Waals surface area (Å²) >= 11 is 5.96. The van der Waals surface area contributed by atoms with Gasteiger partial charge >= 0.3 is 10.1 Å². The van der Waals surface area contributed by atoms with Crippen molar-refractivity contribution in [3.63, 3.8) is 0 Å². The van der Waals surface area contributed by atoms with Crippen molar-refractivity contribution in [2.24, 2.45) is 0 Å². The van der Waals surface area contributed by atoms with E-state index in [1.54, 1.807) is 19.1 Å². The predicted molar refractivity (Wildman–Crippen MR) is 90.3 cm³/mol. The zero-order valence-corrected chi connectivity index (χ0v) is 14.8. The number of aromatic nitrogens is 2. The first-order valence-electron chi connectivity index (χ1n) is 7.08. The third kappa shape index (κ3) is 3.75. The molecule has 0 spiro atoms. The zero-order valence-electron chi connectivity index (χ0n) is 13.3. The van der Waals surface area contributed by atoms with Gasteiger partial charge in [-0.2, -0.15) is 13.4 Å². The lowest BCUT2D eigenvalue weighted by Crippen LogP contribution is -2.09. The molecule has 1 aromatic heterocycles. The Morgan fingerprint density at radius 1 is 1.12 bits per heavy atom. The molecule has 0 aliphatic rings. The minimum absolute atomic E-state index is 0.0730. The van der Waals surface area contributed by atoms with Gasteiger partial charge in [-0.3, -0.25) is 0 Å². The van der Waals surface area contributed by atoms with Gasteiger partial charge in [-0.15, -0.1) is 0 Å². The molecule has 130 valence electrons. The molecule has 0 bridgehead atoms. The summed E-state index contributed by atoms with van der Waals surface area (Å²) in [7, 11) is -2.58. The molecule has 0 atom stereocenters. The van der Waals surface area contributed by atoms with Crippen LogP contribution in [0.25, 0.3) is 11.4 Å². The quantitative estimate of drug-likeness (QED) is 0.625. The first-order valence-corrected chi connectivity index (χ1v) is 8.86. The molecule has 7 nitrogen and oxygen atoms in total. The maximum Gasteiger partial charge on any atom is 0.339 e. The minimum Gasteiger partial charge on any atom is -0.495 e. The molecule has 1 heterocycles. The molecular formula is C16H13ClN2O5S. The summed E-state index contributed by atoms with van der Waals surface area (Å²) in [6, 6.07) is 10.4. The molecular weight excluding hydrogens is 368 g/mol. The monoisotopic (exact) mass is 380 g/mol. The van der Waals surface area contributed by atoms with E-state index in [9.17, 15) is 8.42 Å². The smallest absolute Gasteiger partial charge is 0.339 e. The van der Waals surface area contributed by atoms with Gasteiger partial charge in [0.15, 0.2) is 0 Å². The molecule has 2 aromatic carbocycles. The van der Waals surface area contributed by atoms with Crippen molar-refractivity contribution < 1.29 is 21.9 Å². The van der Waals surface area contributed by atoms with E-state index < -0.39 is 10.1 Å². The Kier molecular flexibility index (Phi) is 4.65. The topological polar surface area (TPSA) is 91.5 Å². The lowest BCUT2D eigenvalue weighted by molar-refractivity contribution is 0.394. The summed E-state index contributed by atoms with van der Waals surface area (Å²) in [6.45, 7) is 1.68. The van der Waals surface area contributed by atoms with Crippen LogP contribution in [0.3, 0.4) is 0 Å². The van der Waals surface area contributed by atoms with Crippen LogP contribution in [-0.4, -0.2) is 25.7 Å². The number of nitrogens with zero attached hydrogens (tertiary/aromatic N) is 2. The molecule has 0 aliphatic heterocycles. The van der Waals surface area contributed by atoms with Crippen molar-refractivity contribution >= 4 is 21.7 Å².